The van der Waals surface area contributed by atoms with Crippen LogP contribution in [-0.2, 0) is 14.9 Å². The van der Waals surface area contributed by atoms with Gasteiger partial charge in [0, 0.05) is 6.08 Å². The molecule has 5 heteroatoms. The minimum absolute atomic E-state index is 0.405. The third kappa shape index (κ3) is 2.99. The second kappa shape index (κ2) is 2.75. The van der Waals surface area contributed by atoms with Gasteiger partial charge in [-0.3, -0.25) is 9.35 Å². The number of allylic oxidation sites excluding steroid dienone is 2. The first-order chi connectivity index (χ1) is 3.98. The molecular formula is C4H5O4S. The van der Waals surface area contributed by atoms with Crippen LogP contribution in [0.5, 0.6) is 0 Å². The molecule has 0 fully saturated rings. The van der Waals surface area contributed by atoms with Crippen molar-refractivity contribution < 1.29 is 17.8 Å². The molecule has 0 aliphatic carbocycles. The lowest BCUT2D eigenvalue weighted by atomic mass is 10.6. The Morgan fingerprint density at radius 2 is 2.11 bits per heavy atom. The molecule has 0 unspecified atom stereocenters. The zero-order valence-corrected chi connectivity index (χ0v) is 5.47. The highest BCUT2D eigenvalue weighted by Crippen LogP contribution is 1.98. The summed E-state index contributed by atoms with van der Waals surface area (Å²) in [6.07, 6.45) is 1.87. The van der Waals surface area contributed by atoms with Gasteiger partial charge in [0.15, 0.2) is 0 Å². The molecule has 0 aliphatic rings. The maximum absolute atomic E-state index is 10.0. The maximum atomic E-state index is 10.0. The van der Waals surface area contributed by atoms with E-state index in [9.17, 15) is 13.2 Å². The highest BCUT2D eigenvalue weighted by atomic mass is 32.2. The first-order valence-electron chi connectivity index (χ1n) is 2.00. The fourth-order valence-corrected chi connectivity index (χ4v) is 0.354. The number of hydrogen-bond acceptors (Lipinski definition) is 3. The quantitative estimate of drug-likeness (QED) is 0.439. The first-order valence-corrected chi connectivity index (χ1v) is 3.44. The fourth-order valence-electron chi connectivity index (χ4n) is 0.157. The van der Waals surface area contributed by atoms with Crippen LogP contribution in [0.3, 0.4) is 0 Å². The van der Waals surface area contributed by atoms with Crippen molar-refractivity contribution in [3.63, 3.8) is 0 Å². The number of carbonyl (C=O) groups excluding carboxylic acids is 1. The molecule has 0 bridgehead atoms. The Morgan fingerprint density at radius 1 is 1.67 bits per heavy atom. The van der Waals surface area contributed by atoms with E-state index in [0.717, 1.165) is 6.92 Å². The Kier molecular flexibility index (Phi) is 2.54. The van der Waals surface area contributed by atoms with Gasteiger partial charge in [-0.15, -0.1) is 0 Å². The molecule has 0 spiro atoms. The summed E-state index contributed by atoms with van der Waals surface area (Å²) in [5.74, 6) is 0. The Morgan fingerprint density at radius 3 is 2.22 bits per heavy atom. The van der Waals surface area contributed by atoms with Crippen LogP contribution in [0, 0.1) is 0 Å². The van der Waals surface area contributed by atoms with E-state index in [0.29, 0.717) is 6.08 Å². The summed E-state index contributed by atoms with van der Waals surface area (Å²) in [6, 6.07) is 0. The highest BCUT2D eigenvalue weighted by molar-refractivity contribution is 7.89. The van der Waals surface area contributed by atoms with Gasteiger partial charge in [0.05, 0.1) is 4.91 Å². The summed E-state index contributed by atoms with van der Waals surface area (Å²) in [5, 5.41) is 0. The van der Waals surface area contributed by atoms with E-state index in [1.54, 1.807) is 0 Å². The van der Waals surface area contributed by atoms with Crippen LogP contribution in [0.25, 0.3) is 0 Å². The predicted molar refractivity (Wildman–Crippen MR) is 31.0 cm³/mol. The van der Waals surface area contributed by atoms with Crippen molar-refractivity contribution in [2.75, 3.05) is 0 Å². The Balaban J connectivity index is 4.61. The summed E-state index contributed by atoms with van der Waals surface area (Å²) < 4.78 is 28.2. The molecule has 0 saturated heterocycles. The van der Waals surface area contributed by atoms with E-state index in [1.165, 1.54) is 6.29 Å². The molecule has 0 aliphatic heterocycles. The summed E-state index contributed by atoms with van der Waals surface area (Å²) in [5.41, 5.74) is 0. The van der Waals surface area contributed by atoms with Crippen molar-refractivity contribution in [2.24, 2.45) is 0 Å². The monoisotopic (exact) mass is 149 g/mol. The number of hydrogen-bond donors (Lipinski definition) is 1. The lowest BCUT2D eigenvalue weighted by molar-refractivity contribution is 0.490. The van der Waals surface area contributed by atoms with Crippen LogP contribution in [0.15, 0.2) is 11.0 Å². The van der Waals surface area contributed by atoms with Gasteiger partial charge in [-0.2, -0.15) is 8.42 Å². The molecule has 1 radical (unpaired) electrons. The van der Waals surface area contributed by atoms with Gasteiger partial charge in [-0.05, 0) is 6.92 Å². The Bertz CT molecular complexity index is 223. The van der Waals surface area contributed by atoms with Crippen molar-refractivity contribution in [3.8, 4) is 0 Å². The SMILES string of the molecule is CC(=C[C]=O)S(=O)(=O)O. The van der Waals surface area contributed by atoms with E-state index < -0.39 is 15.0 Å². The Hall–Kier alpha value is -0.680. The summed E-state index contributed by atoms with van der Waals surface area (Å²) in [7, 11) is -4.17. The minimum atomic E-state index is -4.17. The standard InChI is InChI=1S/C4H5O4S/c1-4(2-3-5)9(6,7)8/h2H,1H3,(H,6,7,8). The van der Waals surface area contributed by atoms with Crippen LogP contribution in [0.4, 0.5) is 0 Å². The van der Waals surface area contributed by atoms with Gasteiger partial charge in [0.25, 0.3) is 10.1 Å². The summed E-state index contributed by atoms with van der Waals surface area (Å²) in [6.45, 7) is 1.10. The Labute approximate surface area is 52.9 Å². The normalized spacial score (nSPS) is 13.3. The van der Waals surface area contributed by atoms with Gasteiger partial charge in [0.1, 0.15) is 0 Å². The van der Waals surface area contributed by atoms with Crippen LogP contribution in [-0.4, -0.2) is 19.3 Å². The van der Waals surface area contributed by atoms with E-state index >= 15 is 0 Å². The highest BCUT2D eigenvalue weighted by Gasteiger charge is 2.05. The molecule has 0 aromatic heterocycles. The van der Waals surface area contributed by atoms with Crippen molar-refractivity contribution >= 4 is 16.4 Å². The van der Waals surface area contributed by atoms with Gasteiger partial charge >= 0.3 is 0 Å². The van der Waals surface area contributed by atoms with E-state index in [1.807, 2.05) is 0 Å². The van der Waals surface area contributed by atoms with E-state index in [2.05, 4.69) is 0 Å². The van der Waals surface area contributed by atoms with Crippen LogP contribution >= 0.6 is 0 Å². The third-order valence-electron chi connectivity index (χ3n) is 0.669. The maximum Gasteiger partial charge on any atom is 0.290 e. The molecule has 0 rings (SSSR count). The lowest BCUT2D eigenvalue weighted by Crippen LogP contribution is -1.97. The third-order valence-corrected chi connectivity index (χ3v) is 1.60. The van der Waals surface area contributed by atoms with Crippen LogP contribution in [0.1, 0.15) is 6.92 Å². The van der Waals surface area contributed by atoms with Gasteiger partial charge in [0.2, 0.25) is 6.29 Å². The average molecular weight is 149 g/mol. The van der Waals surface area contributed by atoms with Crippen LogP contribution in [0.2, 0.25) is 0 Å². The molecule has 4 nitrogen and oxygen atoms in total. The van der Waals surface area contributed by atoms with E-state index in [4.69, 9.17) is 4.55 Å². The van der Waals surface area contributed by atoms with Crippen LogP contribution < -0.4 is 0 Å². The summed E-state index contributed by atoms with van der Waals surface area (Å²) >= 11 is 0. The molecule has 9 heavy (non-hydrogen) atoms. The minimum Gasteiger partial charge on any atom is -0.286 e. The van der Waals surface area contributed by atoms with E-state index in [-0.39, 0.29) is 0 Å². The predicted octanol–water partition coefficient (Wildman–Crippen LogP) is -0.112. The zero-order valence-electron chi connectivity index (χ0n) is 4.66. The second-order valence-electron chi connectivity index (χ2n) is 1.35. The summed E-state index contributed by atoms with van der Waals surface area (Å²) in [4.78, 5) is 9.08. The van der Waals surface area contributed by atoms with Crippen molar-refractivity contribution in [2.45, 2.75) is 6.92 Å². The van der Waals surface area contributed by atoms with Gasteiger partial charge in [-0.25, -0.2) is 0 Å². The fraction of sp³-hybridized carbons (Fsp3) is 0.250. The van der Waals surface area contributed by atoms with Gasteiger partial charge in [-0.1, -0.05) is 0 Å². The zero-order chi connectivity index (χ0) is 7.49. The molecule has 0 saturated carbocycles. The average Bonchev–Trinajstić information content (AvgIpc) is 1.64. The largest absolute Gasteiger partial charge is 0.290 e. The van der Waals surface area contributed by atoms with Gasteiger partial charge < -0.3 is 0 Å². The lowest BCUT2D eigenvalue weighted by Gasteiger charge is -1.88. The molecule has 1 N–H and O–H groups in total. The second-order valence-corrected chi connectivity index (χ2v) is 2.94. The molecule has 0 atom stereocenters. The van der Waals surface area contributed by atoms with Crippen molar-refractivity contribution in [3.05, 3.63) is 11.0 Å². The molecule has 0 amide bonds. The molecule has 51 valence electrons. The molecular weight excluding hydrogens is 144 g/mol. The van der Waals surface area contributed by atoms with Crippen molar-refractivity contribution in [1.82, 2.24) is 0 Å². The first kappa shape index (κ1) is 8.32. The molecule has 0 aromatic carbocycles. The number of rotatable bonds is 2. The topological polar surface area (TPSA) is 71.4 Å². The molecule has 0 aromatic rings. The smallest absolute Gasteiger partial charge is 0.286 e. The molecule has 0 heterocycles. The van der Waals surface area contributed by atoms with Crippen molar-refractivity contribution in [1.29, 1.82) is 0 Å².